The van der Waals surface area contributed by atoms with Crippen LogP contribution in [0.1, 0.15) is 72.1 Å². The fraction of sp³-hybridized carbons (Fsp3) is 1.00. The lowest BCUT2D eigenvalue weighted by atomic mass is 9.88. The Balaban J connectivity index is 1.70. The number of fused-ring (bicyclic) bond motifs is 1. The average Bonchev–Trinajstić information content (AvgIpc) is 2.77. The third-order valence-electron chi connectivity index (χ3n) is 5.52. The largest absolute Gasteiger partial charge is 0.314 e. The Morgan fingerprint density at radius 1 is 1.00 bits per heavy atom. The first kappa shape index (κ1) is 14.8. The minimum atomic E-state index is 0.281. The van der Waals surface area contributed by atoms with E-state index < -0.39 is 0 Å². The van der Waals surface area contributed by atoms with E-state index in [1.807, 2.05) is 0 Å². The monoisotopic (exact) mass is 279 g/mol. The number of hydrogen-bond donors (Lipinski definition) is 2. The molecule has 2 aliphatic heterocycles. The molecule has 2 N–H and O–H groups in total. The number of nitrogens with zero attached hydrogens (tertiary/aromatic N) is 1. The van der Waals surface area contributed by atoms with Crippen molar-refractivity contribution >= 4 is 0 Å². The molecule has 1 saturated carbocycles. The second kappa shape index (κ2) is 5.94. The van der Waals surface area contributed by atoms with E-state index in [1.165, 1.54) is 57.9 Å². The van der Waals surface area contributed by atoms with Crippen LogP contribution in [0.25, 0.3) is 0 Å². The van der Waals surface area contributed by atoms with Crippen LogP contribution in [0.2, 0.25) is 0 Å². The first-order valence-electron chi connectivity index (χ1n) is 8.83. The Morgan fingerprint density at radius 3 is 2.45 bits per heavy atom. The van der Waals surface area contributed by atoms with Gasteiger partial charge in [-0.1, -0.05) is 19.3 Å². The summed E-state index contributed by atoms with van der Waals surface area (Å²) < 4.78 is 0. The van der Waals surface area contributed by atoms with E-state index in [9.17, 15) is 0 Å². The molecule has 3 heteroatoms. The van der Waals surface area contributed by atoms with Crippen molar-refractivity contribution in [1.82, 2.24) is 15.5 Å². The van der Waals surface area contributed by atoms with Gasteiger partial charge in [0.25, 0.3) is 0 Å². The van der Waals surface area contributed by atoms with Gasteiger partial charge in [-0.15, -0.1) is 0 Å². The van der Waals surface area contributed by atoms with Crippen molar-refractivity contribution in [2.24, 2.45) is 0 Å². The topological polar surface area (TPSA) is 27.3 Å². The van der Waals surface area contributed by atoms with Gasteiger partial charge in [0.2, 0.25) is 0 Å². The van der Waals surface area contributed by atoms with Gasteiger partial charge in [0.15, 0.2) is 0 Å². The van der Waals surface area contributed by atoms with Crippen LogP contribution < -0.4 is 10.6 Å². The molecule has 0 amide bonds. The van der Waals surface area contributed by atoms with Crippen LogP contribution in [0.5, 0.6) is 0 Å². The summed E-state index contributed by atoms with van der Waals surface area (Å²) in [5.74, 6) is 0. The summed E-state index contributed by atoms with van der Waals surface area (Å²) in [5, 5.41) is 7.72. The van der Waals surface area contributed by atoms with Gasteiger partial charge in [0.1, 0.15) is 0 Å². The molecule has 3 fully saturated rings. The van der Waals surface area contributed by atoms with Crippen molar-refractivity contribution < 1.29 is 0 Å². The van der Waals surface area contributed by atoms with E-state index in [-0.39, 0.29) is 5.54 Å². The Hall–Kier alpha value is -0.120. The zero-order valence-electron chi connectivity index (χ0n) is 13.6. The maximum Gasteiger partial charge on any atom is 0.0622 e. The van der Waals surface area contributed by atoms with Gasteiger partial charge >= 0.3 is 0 Å². The SMILES string of the molecule is CC(C)(C)N1C(CC2CCCCN2)NC2CCCCC21. The van der Waals surface area contributed by atoms with E-state index in [2.05, 4.69) is 36.3 Å². The van der Waals surface area contributed by atoms with E-state index >= 15 is 0 Å². The van der Waals surface area contributed by atoms with E-state index in [4.69, 9.17) is 0 Å². The summed E-state index contributed by atoms with van der Waals surface area (Å²) in [6, 6.07) is 2.25. The summed E-state index contributed by atoms with van der Waals surface area (Å²) in [7, 11) is 0. The molecular formula is C17H33N3. The summed E-state index contributed by atoms with van der Waals surface area (Å²) in [5.41, 5.74) is 0.281. The Bertz CT molecular complexity index is 317. The zero-order chi connectivity index (χ0) is 14.2. The van der Waals surface area contributed by atoms with Crippen molar-refractivity contribution in [3.8, 4) is 0 Å². The number of hydrogen-bond acceptors (Lipinski definition) is 3. The lowest BCUT2D eigenvalue weighted by Crippen LogP contribution is -2.53. The lowest BCUT2D eigenvalue weighted by molar-refractivity contribution is 0.0507. The van der Waals surface area contributed by atoms with Crippen LogP contribution in [-0.2, 0) is 0 Å². The fourth-order valence-electron chi connectivity index (χ4n) is 4.74. The van der Waals surface area contributed by atoms with E-state index in [0.717, 1.165) is 18.1 Å². The molecular weight excluding hydrogens is 246 g/mol. The molecule has 3 rings (SSSR count). The van der Waals surface area contributed by atoms with Crippen molar-refractivity contribution in [3.05, 3.63) is 0 Å². The molecule has 0 bridgehead atoms. The van der Waals surface area contributed by atoms with Gasteiger partial charge in [0.05, 0.1) is 6.17 Å². The second-order valence-electron chi connectivity index (χ2n) is 8.10. The predicted octanol–water partition coefficient (Wildman–Crippen LogP) is 2.86. The van der Waals surface area contributed by atoms with Gasteiger partial charge < -0.3 is 5.32 Å². The highest BCUT2D eigenvalue weighted by Gasteiger charge is 2.46. The molecule has 0 spiro atoms. The quantitative estimate of drug-likeness (QED) is 0.814. The third kappa shape index (κ3) is 3.05. The van der Waals surface area contributed by atoms with Crippen molar-refractivity contribution in [2.75, 3.05) is 6.54 Å². The summed E-state index contributed by atoms with van der Waals surface area (Å²) in [4.78, 5) is 2.81. The Labute approximate surface area is 124 Å². The molecule has 3 aliphatic rings. The minimum Gasteiger partial charge on any atom is -0.314 e. The summed E-state index contributed by atoms with van der Waals surface area (Å²) in [6.07, 6.45) is 11.6. The molecule has 2 heterocycles. The van der Waals surface area contributed by atoms with Crippen LogP contribution in [0.3, 0.4) is 0 Å². The molecule has 0 aromatic rings. The Kier molecular flexibility index (Phi) is 4.40. The van der Waals surface area contributed by atoms with Gasteiger partial charge in [0, 0.05) is 23.7 Å². The molecule has 116 valence electrons. The van der Waals surface area contributed by atoms with Crippen LogP contribution >= 0.6 is 0 Å². The highest BCUT2D eigenvalue weighted by atomic mass is 15.4. The molecule has 0 radical (unpaired) electrons. The second-order valence-corrected chi connectivity index (χ2v) is 8.10. The first-order chi connectivity index (χ1) is 9.55. The molecule has 2 saturated heterocycles. The van der Waals surface area contributed by atoms with Gasteiger partial charge in [-0.2, -0.15) is 0 Å². The smallest absolute Gasteiger partial charge is 0.0622 e. The number of nitrogens with one attached hydrogen (secondary N) is 2. The van der Waals surface area contributed by atoms with Crippen LogP contribution in [0.15, 0.2) is 0 Å². The van der Waals surface area contributed by atoms with Gasteiger partial charge in [-0.3, -0.25) is 10.2 Å². The molecule has 1 aliphatic carbocycles. The molecule has 4 unspecified atom stereocenters. The van der Waals surface area contributed by atoms with Crippen LogP contribution in [-0.4, -0.2) is 41.3 Å². The Morgan fingerprint density at radius 2 is 1.75 bits per heavy atom. The first-order valence-corrected chi connectivity index (χ1v) is 8.83. The van der Waals surface area contributed by atoms with Gasteiger partial charge in [-0.05, 0) is 59.4 Å². The third-order valence-corrected chi connectivity index (χ3v) is 5.52. The number of piperidine rings is 1. The maximum atomic E-state index is 3.98. The summed E-state index contributed by atoms with van der Waals surface area (Å²) >= 11 is 0. The highest BCUT2D eigenvalue weighted by Crippen LogP contribution is 2.36. The molecule has 20 heavy (non-hydrogen) atoms. The summed E-state index contributed by atoms with van der Waals surface area (Å²) in [6.45, 7) is 8.41. The van der Waals surface area contributed by atoms with Crippen molar-refractivity contribution in [2.45, 2.75) is 102 Å². The predicted molar refractivity (Wildman–Crippen MR) is 84.8 cm³/mol. The van der Waals surface area contributed by atoms with E-state index in [1.54, 1.807) is 0 Å². The number of rotatable bonds is 2. The van der Waals surface area contributed by atoms with Crippen molar-refractivity contribution in [3.63, 3.8) is 0 Å². The fourth-order valence-corrected chi connectivity index (χ4v) is 4.74. The van der Waals surface area contributed by atoms with Gasteiger partial charge in [-0.25, -0.2) is 0 Å². The molecule has 4 atom stereocenters. The highest BCUT2D eigenvalue weighted by molar-refractivity contribution is 5.03. The van der Waals surface area contributed by atoms with Crippen LogP contribution in [0.4, 0.5) is 0 Å². The maximum absolute atomic E-state index is 3.98. The molecule has 0 aromatic carbocycles. The van der Waals surface area contributed by atoms with E-state index in [0.29, 0.717) is 6.17 Å². The molecule has 3 nitrogen and oxygen atoms in total. The minimum absolute atomic E-state index is 0.281. The average molecular weight is 279 g/mol. The van der Waals surface area contributed by atoms with Crippen molar-refractivity contribution in [1.29, 1.82) is 0 Å². The standard InChI is InChI=1S/C17H33N3/c1-17(2,3)20-15-10-5-4-9-14(15)19-16(20)12-13-8-6-7-11-18-13/h13-16,18-19H,4-12H2,1-3H3. The lowest BCUT2D eigenvalue weighted by Gasteiger charge is -2.43. The molecule has 0 aromatic heterocycles. The normalized spacial score (nSPS) is 39.8. The van der Waals surface area contributed by atoms with Crippen LogP contribution in [0, 0.1) is 0 Å². The zero-order valence-corrected chi connectivity index (χ0v) is 13.6.